The van der Waals surface area contributed by atoms with E-state index in [4.69, 9.17) is 4.74 Å². The SMILES string of the molecule is COc1ccc(C=CC(=O)Nc2ccccc2C(=O)NC2CC2)cc1S(=O)(=O)NC(C)(C)C. The van der Waals surface area contributed by atoms with Crippen molar-refractivity contribution in [3.05, 3.63) is 59.7 Å². The van der Waals surface area contributed by atoms with E-state index in [2.05, 4.69) is 15.4 Å². The van der Waals surface area contributed by atoms with Crippen molar-refractivity contribution in [3.63, 3.8) is 0 Å². The molecule has 1 aliphatic rings. The molecule has 2 aromatic rings. The molecule has 0 saturated heterocycles. The Morgan fingerprint density at radius 3 is 2.42 bits per heavy atom. The lowest BCUT2D eigenvalue weighted by atomic mass is 10.1. The van der Waals surface area contributed by atoms with Crippen LogP contribution in [0.5, 0.6) is 5.75 Å². The monoisotopic (exact) mass is 471 g/mol. The second kappa shape index (κ2) is 9.76. The first-order valence-electron chi connectivity index (χ1n) is 10.6. The first kappa shape index (κ1) is 24.5. The van der Waals surface area contributed by atoms with E-state index >= 15 is 0 Å². The maximum absolute atomic E-state index is 12.8. The fourth-order valence-corrected chi connectivity index (χ4v) is 4.72. The number of para-hydroxylation sites is 1. The van der Waals surface area contributed by atoms with Crippen LogP contribution in [0.3, 0.4) is 0 Å². The molecule has 176 valence electrons. The van der Waals surface area contributed by atoms with E-state index in [1.807, 2.05) is 0 Å². The number of benzene rings is 2. The first-order chi connectivity index (χ1) is 15.5. The minimum absolute atomic E-state index is 0.0235. The van der Waals surface area contributed by atoms with Gasteiger partial charge in [0.25, 0.3) is 5.91 Å². The van der Waals surface area contributed by atoms with E-state index in [-0.39, 0.29) is 22.6 Å². The number of carbonyl (C=O) groups excluding carboxylic acids is 2. The number of ether oxygens (including phenoxy) is 1. The number of sulfonamides is 1. The minimum atomic E-state index is -3.84. The molecule has 1 saturated carbocycles. The zero-order valence-corrected chi connectivity index (χ0v) is 20.0. The average molecular weight is 472 g/mol. The summed E-state index contributed by atoms with van der Waals surface area (Å²) in [6.07, 6.45) is 4.71. The average Bonchev–Trinajstić information content (AvgIpc) is 3.54. The summed E-state index contributed by atoms with van der Waals surface area (Å²) >= 11 is 0. The molecule has 0 spiro atoms. The van der Waals surface area contributed by atoms with Crippen molar-refractivity contribution < 1.29 is 22.7 Å². The van der Waals surface area contributed by atoms with E-state index < -0.39 is 21.5 Å². The molecule has 2 amide bonds. The van der Waals surface area contributed by atoms with E-state index in [1.165, 1.54) is 31.4 Å². The summed E-state index contributed by atoms with van der Waals surface area (Å²) < 4.78 is 33.4. The molecule has 1 fully saturated rings. The van der Waals surface area contributed by atoms with Crippen molar-refractivity contribution >= 4 is 33.6 Å². The third-order valence-electron chi connectivity index (χ3n) is 4.69. The lowest BCUT2D eigenvalue weighted by molar-refractivity contribution is -0.111. The number of hydrogen-bond donors (Lipinski definition) is 3. The molecule has 2 aromatic carbocycles. The highest BCUT2D eigenvalue weighted by molar-refractivity contribution is 7.89. The molecule has 33 heavy (non-hydrogen) atoms. The van der Waals surface area contributed by atoms with Crippen molar-refractivity contribution in [1.82, 2.24) is 10.0 Å². The number of amides is 2. The zero-order chi connectivity index (χ0) is 24.2. The van der Waals surface area contributed by atoms with Gasteiger partial charge in [-0.3, -0.25) is 9.59 Å². The summed E-state index contributed by atoms with van der Waals surface area (Å²) in [6, 6.07) is 11.6. The van der Waals surface area contributed by atoms with Crippen LogP contribution in [0.25, 0.3) is 6.08 Å². The Kier molecular flexibility index (Phi) is 7.24. The Balaban J connectivity index is 1.77. The van der Waals surface area contributed by atoms with E-state index in [1.54, 1.807) is 51.1 Å². The van der Waals surface area contributed by atoms with Crippen LogP contribution in [-0.4, -0.2) is 38.9 Å². The smallest absolute Gasteiger partial charge is 0.253 e. The second-order valence-electron chi connectivity index (χ2n) is 8.88. The normalized spacial score (nSPS) is 14.2. The zero-order valence-electron chi connectivity index (χ0n) is 19.1. The molecule has 3 N–H and O–H groups in total. The third-order valence-corrected chi connectivity index (χ3v) is 6.47. The molecule has 3 rings (SSSR count). The van der Waals surface area contributed by atoms with Gasteiger partial charge in [-0.15, -0.1) is 0 Å². The lowest BCUT2D eigenvalue weighted by Crippen LogP contribution is -2.40. The van der Waals surface area contributed by atoms with Crippen LogP contribution in [0.1, 0.15) is 49.5 Å². The Morgan fingerprint density at radius 2 is 1.79 bits per heavy atom. The summed E-state index contributed by atoms with van der Waals surface area (Å²) in [4.78, 5) is 24.9. The predicted octanol–water partition coefficient (Wildman–Crippen LogP) is 3.32. The lowest BCUT2D eigenvalue weighted by Gasteiger charge is -2.21. The Hall–Kier alpha value is -3.17. The summed E-state index contributed by atoms with van der Waals surface area (Å²) in [7, 11) is -2.45. The molecule has 0 unspecified atom stereocenters. The predicted molar refractivity (Wildman–Crippen MR) is 128 cm³/mol. The topological polar surface area (TPSA) is 114 Å². The Morgan fingerprint density at radius 1 is 1.09 bits per heavy atom. The quantitative estimate of drug-likeness (QED) is 0.511. The Labute approximate surface area is 194 Å². The molecule has 0 aliphatic heterocycles. The minimum Gasteiger partial charge on any atom is -0.495 e. The van der Waals surface area contributed by atoms with Crippen LogP contribution in [0.2, 0.25) is 0 Å². The van der Waals surface area contributed by atoms with Gasteiger partial charge in [0.15, 0.2) is 0 Å². The number of hydrogen-bond acceptors (Lipinski definition) is 5. The first-order valence-corrected chi connectivity index (χ1v) is 12.1. The molecule has 0 atom stereocenters. The van der Waals surface area contributed by atoms with E-state index in [9.17, 15) is 18.0 Å². The standard InChI is InChI=1S/C24H29N3O5S/c1-24(2,3)27-33(30,31)21-15-16(9-13-20(21)32-4)10-14-22(28)26-19-8-6-5-7-18(19)23(29)25-17-11-12-17/h5-10,13-15,17,27H,11-12H2,1-4H3,(H,25,29)(H,26,28). The van der Waals surface area contributed by atoms with E-state index in [0.29, 0.717) is 16.8 Å². The van der Waals surface area contributed by atoms with Crippen molar-refractivity contribution in [2.24, 2.45) is 0 Å². The summed E-state index contributed by atoms with van der Waals surface area (Å²) in [5.74, 6) is -0.479. The summed E-state index contributed by atoms with van der Waals surface area (Å²) in [5.41, 5.74) is 0.615. The van der Waals surface area contributed by atoms with Crippen LogP contribution >= 0.6 is 0 Å². The number of anilines is 1. The second-order valence-corrected chi connectivity index (χ2v) is 10.5. The molecule has 1 aliphatic carbocycles. The number of methoxy groups -OCH3 is 1. The van der Waals surface area contributed by atoms with Crippen LogP contribution < -0.4 is 20.1 Å². The molecule has 0 heterocycles. The molecule has 0 radical (unpaired) electrons. The highest BCUT2D eigenvalue weighted by atomic mass is 32.2. The number of rotatable bonds is 8. The van der Waals surface area contributed by atoms with Crippen molar-refractivity contribution in [2.45, 2.75) is 50.1 Å². The van der Waals surface area contributed by atoms with Crippen LogP contribution in [0.15, 0.2) is 53.4 Å². The van der Waals surface area contributed by atoms with Crippen LogP contribution in [0, 0.1) is 0 Å². The van der Waals surface area contributed by atoms with Gasteiger partial charge in [-0.1, -0.05) is 18.2 Å². The van der Waals surface area contributed by atoms with Crippen molar-refractivity contribution in [1.29, 1.82) is 0 Å². The van der Waals surface area contributed by atoms with Crippen molar-refractivity contribution in [3.8, 4) is 5.75 Å². The fourth-order valence-electron chi connectivity index (χ4n) is 3.09. The van der Waals surface area contributed by atoms with Crippen LogP contribution in [-0.2, 0) is 14.8 Å². The number of nitrogens with one attached hydrogen (secondary N) is 3. The number of carbonyl (C=O) groups is 2. The van der Waals surface area contributed by atoms with Crippen LogP contribution in [0.4, 0.5) is 5.69 Å². The maximum atomic E-state index is 12.8. The Bertz CT molecular complexity index is 1180. The van der Waals surface area contributed by atoms with Gasteiger partial charge in [0.05, 0.1) is 18.4 Å². The van der Waals surface area contributed by atoms with Gasteiger partial charge < -0.3 is 15.4 Å². The van der Waals surface area contributed by atoms with Gasteiger partial charge in [0.1, 0.15) is 10.6 Å². The van der Waals surface area contributed by atoms with Gasteiger partial charge in [-0.25, -0.2) is 13.1 Å². The molecule has 9 heteroatoms. The molecule has 8 nitrogen and oxygen atoms in total. The van der Waals surface area contributed by atoms with Gasteiger partial charge >= 0.3 is 0 Å². The third kappa shape index (κ3) is 6.90. The fraction of sp³-hybridized carbons (Fsp3) is 0.333. The van der Waals surface area contributed by atoms with Crippen molar-refractivity contribution in [2.75, 3.05) is 12.4 Å². The van der Waals surface area contributed by atoms with Gasteiger partial charge in [0.2, 0.25) is 15.9 Å². The highest BCUT2D eigenvalue weighted by Crippen LogP contribution is 2.27. The van der Waals surface area contributed by atoms with Gasteiger partial charge in [-0.2, -0.15) is 0 Å². The molecular formula is C24H29N3O5S. The molecular weight excluding hydrogens is 442 g/mol. The van der Waals surface area contributed by atoms with Gasteiger partial charge in [-0.05, 0) is 69.5 Å². The van der Waals surface area contributed by atoms with Gasteiger partial charge in [0, 0.05) is 17.7 Å². The summed E-state index contributed by atoms with van der Waals surface area (Å²) in [6.45, 7) is 5.23. The molecule has 0 bridgehead atoms. The maximum Gasteiger partial charge on any atom is 0.253 e. The largest absolute Gasteiger partial charge is 0.495 e. The molecule has 0 aromatic heterocycles. The summed E-state index contributed by atoms with van der Waals surface area (Å²) in [5, 5.41) is 5.62. The highest BCUT2D eigenvalue weighted by Gasteiger charge is 2.26. The van der Waals surface area contributed by atoms with E-state index in [0.717, 1.165) is 12.8 Å².